The molecule has 3 rings (SSSR count). The van der Waals surface area contributed by atoms with Crippen LogP contribution in [0, 0.1) is 0 Å². The van der Waals surface area contributed by atoms with E-state index in [0.29, 0.717) is 11.4 Å². The molecule has 1 aliphatic heterocycles. The van der Waals surface area contributed by atoms with Crippen molar-refractivity contribution in [2.45, 2.75) is 25.9 Å². The number of Topliss-reactive ketones (excluding diaryl/α,β-unsaturated/α-hetero) is 1. The Morgan fingerprint density at radius 1 is 1.23 bits per heavy atom. The number of benzene rings is 1. The quantitative estimate of drug-likeness (QED) is 0.864. The van der Waals surface area contributed by atoms with Gasteiger partial charge in [-0.25, -0.2) is 0 Å². The summed E-state index contributed by atoms with van der Waals surface area (Å²) in [6, 6.07) is 11.9. The summed E-state index contributed by atoms with van der Waals surface area (Å²) in [4.78, 5) is 30.8. The van der Waals surface area contributed by atoms with Crippen LogP contribution in [0.1, 0.15) is 30.6 Å². The van der Waals surface area contributed by atoms with Crippen molar-refractivity contribution in [2.75, 3.05) is 7.11 Å². The minimum Gasteiger partial charge on any atom is -0.503 e. The van der Waals surface area contributed by atoms with Crippen molar-refractivity contribution in [1.29, 1.82) is 0 Å². The van der Waals surface area contributed by atoms with Gasteiger partial charge in [0.15, 0.2) is 11.5 Å². The van der Waals surface area contributed by atoms with Gasteiger partial charge in [0.05, 0.1) is 18.4 Å². The van der Waals surface area contributed by atoms with Gasteiger partial charge in [-0.2, -0.15) is 0 Å². The monoisotopic (exact) mass is 352 g/mol. The van der Waals surface area contributed by atoms with Gasteiger partial charge in [-0.15, -0.1) is 0 Å². The fourth-order valence-corrected chi connectivity index (χ4v) is 3.06. The van der Waals surface area contributed by atoms with Crippen LogP contribution in [0.4, 0.5) is 0 Å². The van der Waals surface area contributed by atoms with E-state index < -0.39 is 17.7 Å². The fraction of sp³-hybridized carbons (Fsp3) is 0.250. The van der Waals surface area contributed by atoms with Gasteiger partial charge in [-0.05, 0) is 29.8 Å². The van der Waals surface area contributed by atoms with Gasteiger partial charge in [-0.3, -0.25) is 14.6 Å². The van der Waals surface area contributed by atoms with Crippen LogP contribution in [0.25, 0.3) is 0 Å². The average Bonchev–Trinajstić information content (AvgIpc) is 2.93. The van der Waals surface area contributed by atoms with Crippen LogP contribution in [-0.2, 0) is 16.1 Å². The highest BCUT2D eigenvalue weighted by atomic mass is 16.5. The topological polar surface area (TPSA) is 79.7 Å². The number of nitrogens with zero attached hydrogens (tertiary/aromatic N) is 2. The Kier molecular flexibility index (Phi) is 5.02. The lowest BCUT2D eigenvalue weighted by molar-refractivity contribution is -0.130. The number of hydrogen-bond acceptors (Lipinski definition) is 5. The van der Waals surface area contributed by atoms with Crippen LogP contribution in [0.5, 0.6) is 5.75 Å². The first-order valence-corrected chi connectivity index (χ1v) is 8.38. The van der Waals surface area contributed by atoms with Crippen LogP contribution in [0.15, 0.2) is 60.0 Å². The number of carbonyl (C=O) groups is 2. The predicted octanol–water partition coefficient (Wildman–Crippen LogP) is 2.96. The molecule has 0 spiro atoms. The molecule has 134 valence electrons. The number of hydrogen-bond donors (Lipinski definition) is 1. The van der Waals surface area contributed by atoms with Crippen LogP contribution >= 0.6 is 0 Å². The molecule has 1 atom stereocenters. The minimum absolute atomic E-state index is 0.115. The van der Waals surface area contributed by atoms with Crippen molar-refractivity contribution in [1.82, 2.24) is 9.88 Å². The van der Waals surface area contributed by atoms with E-state index in [1.165, 1.54) is 4.90 Å². The highest BCUT2D eigenvalue weighted by molar-refractivity contribution is 6.08. The maximum Gasteiger partial charge on any atom is 0.290 e. The van der Waals surface area contributed by atoms with Crippen molar-refractivity contribution in [2.24, 2.45) is 0 Å². The van der Waals surface area contributed by atoms with Crippen molar-refractivity contribution in [3.05, 3.63) is 71.3 Å². The van der Waals surface area contributed by atoms with Gasteiger partial charge in [0.25, 0.3) is 5.91 Å². The molecule has 6 nitrogen and oxygen atoms in total. The molecule has 1 amide bonds. The van der Waals surface area contributed by atoms with Crippen LogP contribution in [0.3, 0.4) is 0 Å². The SMILES string of the molecule is CCC(=O)C1=C(O)C(=O)N(Cc2ccc(OC)cc2)C1c1ccccn1. The number of aromatic nitrogens is 1. The van der Waals surface area contributed by atoms with Crippen molar-refractivity contribution in [3.8, 4) is 5.75 Å². The van der Waals surface area contributed by atoms with Gasteiger partial charge in [0.2, 0.25) is 0 Å². The summed E-state index contributed by atoms with van der Waals surface area (Å²) in [5.41, 5.74) is 1.53. The summed E-state index contributed by atoms with van der Waals surface area (Å²) in [7, 11) is 1.58. The van der Waals surface area contributed by atoms with Crippen molar-refractivity contribution >= 4 is 11.7 Å². The third kappa shape index (κ3) is 3.18. The predicted molar refractivity (Wildman–Crippen MR) is 95.5 cm³/mol. The zero-order valence-corrected chi connectivity index (χ0v) is 14.7. The summed E-state index contributed by atoms with van der Waals surface area (Å²) in [6.07, 6.45) is 1.81. The summed E-state index contributed by atoms with van der Waals surface area (Å²) >= 11 is 0. The maximum absolute atomic E-state index is 12.7. The minimum atomic E-state index is -0.696. The molecule has 1 aromatic carbocycles. The molecule has 0 saturated carbocycles. The van der Waals surface area contributed by atoms with Crippen molar-refractivity contribution < 1.29 is 19.4 Å². The van der Waals surface area contributed by atoms with E-state index in [9.17, 15) is 14.7 Å². The summed E-state index contributed by atoms with van der Waals surface area (Å²) < 4.78 is 5.15. The van der Waals surface area contributed by atoms with E-state index in [1.54, 1.807) is 50.6 Å². The number of aliphatic hydroxyl groups excluding tert-OH is 1. The highest BCUT2D eigenvalue weighted by Gasteiger charge is 2.43. The molecule has 2 aromatic rings. The molecular weight excluding hydrogens is 332 g/mol. The molecule has 1 aliphatic rings. The van der Waals surface area contributed by atoms with E-state index in [4.69, 9.17) is 4.74 Å². The number of rotatable bonds is 6. The molecule has 2 heterocycles. The van der Waals surface area contributed by atoms with E-state index in [1.807, 2.05) is 12.1 Å². The Morgan fingerprint density at radius 2 is 1.96 bits per heavy atom. The first-order chi connectivity index (χ1) is 12.6. The lowest BCUT2D eigenvalue weighted by Crippen LogP contribution is -2.31. The normalized spacial score (nSPS) is 16.9. The Labute approximate surface area is 151 Å². The summed E-state index contributed by atoms with van der Waals surface area (Å²) in [5.74, 6) is -0.594. The molecule has 26 heavy (non-hydrogen) atoms. The molecule has 1 N–H and O–H groups in total. The lowest BCUT2D eigenvalue weighted by atomic mass is 9.98. The molecule has 0 aliphatic carbocycles. The summed E-state index contributed by atoms with van der Waals surface area (Å²) in [5, 5.41) is 10.3. The van der Waals surface area contributed by atoms with Gasteiger partial charge in [0, 0.05) is 19.2 Å². The standard InChI is InChI=1S/C20H20N2O4/c1-3-16(23)17-18(15-6-4-5-11-21-15)22(20(25)19(17)24)12-13-7-9-14(26-2)10-8-13/h4-11,18,24H,3,12H2,1-2H3. The second-order valence-electron chi connectivity index (χ2n) is 5.98. The average molecular weight is 352 g/mol. The third-order valence-electron chi connectivity index (χ3n) is 4.41. The number of ether oxygens (including phenoxy) is 1. The number of ketones is 1. The van der Waals surface area contributed by atoms with Crippen LogP contribution in [0.2, 0.25) is 0 Å². The highest BCUT2D eigenvalue weighted by Crippen LogP contribution is 2.38. The fourth-order valence-electron chi connectivity index (χ4n) is 3.06. The Balaban J connectivity index is 1.99. The van der Waals surface area contributed by atoms with E-state index >= 15 is 0 Å². The zero-order valence-electron chi connectivity index (χ0n) is 14.7. The van der Waals surface area contributed by atoms with Gasteiger partial charge >= 0.3 is 0 Å². The maximum atomic E-state index is 12.7. The van der Waals surface area contributed by atoms with Crippen LogP contribution in [-0.4, -0.2) is 33.8 Å². The van der Waals surface area contributed by atoms with Crippen molar-refractivity contribution in [3.63, 3.8) is 0 Å². The number of aliphatic hydroxyl groups is 1. The first-order valence-electron chi connectivity index (χ1n) is 8.38. The lowest BCUT2D eigenvalue weighted by Gasteiger charge is -2.26. The number of amides is 1. The van der Waals surface area contributed by atoms with Gasteiger partial charge < -0.3 is 14.7 Å². The Morgan fingerprint density at radius 3 is 2.54 bits per heavy atom. The Hall–Kier alpha value is -3.15. The third-order valence-corrected chi connectivity index (χ3v) is 4.41. The molecule has 0 saturated heterocycles. The van der Waals surface area contributed by atoms with E-state index in [2.05, 4.69) is 4.98 Å². The molecular formula is C20H20N2O4. The molecule has 0 radical (unpaired) electrons. The number of methoxy groups -OCH3 is 1. The number of pyridine rings is 1. The van der Waals surface area contributed by atoms with Crippen LogP contribution < -0.4 is 4.74 Å². The zero-order chi connectivity index (χ0) is 18.7. The molecule has 0 fully saturated rings. The van der Waals surface area contributed by atoms with Gasteiger partial charge in [0.1, 0.15) is 11.8 Å². The molecule has 6 heteroatoms. The van der Waals surface area contributed by atoms with Gasteiger partial charge in [-0.1, -0.05) is 25.1 Å². The molecule has 1 unspecified atom stereocenters. The largest absolute Gasteiger partial charge is 0.503 e. The van der Waals surface area contributed by atoms with E-state index in [-0.39, 0.29) is 24.3 Å². The van der Waals surface area contributed by atoms with E-state index in [0.717, 1.165) is 5.56 Å². The second-order valence-corrected chi connectivity index (χ2v) is 5.98. The number of carbonyl (C=O) groups excluding carboxylic acids is 2. The molecule has 1 aromatic heterocycles. The second kappa shape index (κ2) is 7.39. The summed E-state index contributed by atoms with van der Waals surface area (Å²) in [6.45, 7) is 1.95. The Bertz CT molecular complexity index is 844. The first kappa shape index (κ1) is 17.7. The molecule has 0 bridgehead atoms. The smallest absolute Gasteiger partial charge is 0.290 e.